The Morgan fingerprint density at radius 1 is 1.21 bits per heavy atom. The SMILES string of the molecule is COc1ccc(-n2nccn2)c(C(=O)N2CCC[C@@]2(C)C(=O)Nc2ccc(Cl)c(C)c2N)c1. The fourth-order valence-electron chi connectivity index (χ4n) is 4.07. The minimum Gasteiger partial charge on any atom is -0.497 e. The Morgan fingerprint density at radius 3 is 2.64 bits per heavy atom. The highest BCUT2D eigenvalue weighted by Crippen LogP contribution is 2.35. The fourth-order valence-corrected chi connectivity index (χ4v) is 4.23. The number of nitrogens with one attached hydrogen (secondary N) is 1. The normalized spacial score (nSPS) is 17.8. The summed E-state index contributed by atoms with van der Waals surface area (Å²) in [5.41, 5.74) is 7.47. The van der Waals surface area contributed by atoms with Crippen molar-refractivity contribution in [3.05, 3.63) is 58.9 Å². The Morgan fingerprint density at radius 2 is 1.94 bits per heavy atom. The standard InChI is InChI=1S/C23H25ClN6O3/c1-14-17(24)6-7-18(20(14)25)28-22(32)23(2)9-4-12-29(23)21(31)16-13-15(33-3)5-8-19(16)30-26-10-11-27-30/h5-8,10-11,13H,4,9,12,25H2,1-3H3,(H,28,32)/t23-/m0/s1. The van der Waals surface area contributed by atoms with Gasteiger partial charge < -0.3 is 20.7 Å². The van der Waals surface area contributed by atoms with Crippen LogP contribution in [0.1, 0.15) is 35.7 Å². The maximum absolute atomic E-state index is 13.7. The van der Waals surface area contributed by atoms with Gasteiger partial charge in [0, 0.05) is 11.6 Å². The van der Waals surface area contributed by atoms with E-state index in [2.05, 4.69) is 15.5 Å². The fraction of sp³-hybridized carbons (Fsp3) is 0.304. The highest BCUT2D eigenvalue weighted by molar-refractivity contribution is 6.32. The van der Waals surface area contributed by atoms with Gasteiger partial charge in [0.25, 0.3) is 5.91 Å². The van der Waals surface area contributed by atoms with Crippen LogP contribution in [0.5, 0.6) is 5.75 Å². The lowest BCUT2D eigenvalue weighted by Gasteiger charge is -2.34. The number of nitrogen functional groups attached to an aromatic ring is 1. The Labute approximate surface area is 196 Å². The zero-order chi connectivity index (χ0) is 23.8. The average molecular weight is 469 g/mol. The molecule has 0 radical (unpaired) electrons. The minimum atomic E-state index is -1.07. The first-order chi connectivity index (χ1) is 15.8. The molecule has 2 amide bonds. The number of carbonyl (C=O) groups excluding carboxylic acids is 2. The van der Waals surface area contributed by atoms with E-state index in [1.807, 2.05) is 0 Å². The van der Waals surface area contributed by atoms with Gasteiger partial charge in [0.2, 0.25) is 5.91 Å². The summed E-state index contributed by atoms with van der Waals surface area (Å²) >= 11 is 6.12. The highest BCUT2D eigenvalue weighted by atomic mass is 35.5. The van der Waals surface area contributed by atoms with E-state index in [1.165, 1.54) is 24.3 Å². The molecule has 1 atom stereocenters. The van der Waals surface area contributed by atoms with Gasteiger partial charge in [-0.05, 0) is 62.6 Å². The number of nitrogens with two attached hydrogens (primary N) is 1. The molecule has 1 aliphatic heterocycles. The van der Waals surface area contributed by atoms with E-state index in [0.29, 0.717) is 58.3 Å². The van der Waals surface area contributed by atoms with Gasteiger partial charge in [-0.3, -0.25) is 9.59 Å². The van der Waals surface area contributed by atoms with E-state index in [4.69, 9.17) is 22.1 Å². The van der Waals surface area contributed by atoms with Crippen molar-refractivity contribution in [2.75, 3.05) is 24.7 Å². The Balaban J connectivity index is 1.68. The molecule has 1 aromatic heterocycles. The number of ether oxygens (including phenoxy) is 1. The lowest BCUT2D eigenvalue weighted by Crippen LogP contribution is -2.53. The summed E-state index contributed by atoms with van der Waals surface area (Å²) in [6, 6.07) is 8.44. The van der Waals surface area contributed by atoms with Crippen molar-refractivity contribution in [1.82, 2.24) is 19.9 Å². The number of likely N-dealkylation sites (tertiary alicyclic amines) is 1. The number of benzene rings is 2. The van der Waals surface area contributed by atoms with Gasteiger partial charge in [0.15, 0.2) is 0 Å². The number of amides is 2. The van der Waals surface area contributed by atoms with Gasteiger partial charge in [-0.1, -0.05) is 11.6 Å². The lowest BCUT2D eigenvalue weighted by atomic mass is 9.96. The molecule has 0 aliphatic carbocycles. The van der Waals surface area contributed by atoms with Crippen LogP contribution in [0.3, 0.4) is 0 Å². The number of nitrogens with zero attached hydrogens (tertiary/aromatic N) is 4. The summed E-state index contributed by atoms with van der Waals surface area (Å²) in [5.74, 6) is -0.107. The van der Waals surface area contributed by atoms with E-state index in [9.17, 15) is 9.59 Å². The summed E-state index contributed by atoms with van der Waals surface area (Å²) in [5, 5.41) is 11.7. The van der Waals surface area contributed by atoms with E-state index < -0.39 is 5.54 Å². The molecule has 3 N–H and O–H groups in total. The second kappa shape index (κ2) is 8.74. The minimum absolute atomic E-state index is 0.309. The van der Waals surface area contributed by atoms with Crippen LogP contribution in [0.15, 0.2) is 42.7 Å². The zero-order valence-electron chi connectivity index (χ0n) is 18.6. The summed E-state index contributed by atoms with van der Waals surface area (Å²) in [4.78, 5) is 30.1. The van der Waals surface area contributed by atoms with Crippen LogP contribution < -0.4 is 15.8 Å². The summed E-state index contributed by atoms with van der Waals surface area (Å²) < 4.78 is 5.33. The van der Waals surface area contributed by atoms with E-state index >= 15 is 0 Å². The first-order valence-electron chi connectivity index (χ1n) is 10.5. The van der Waals surface area contributed by atoms with Crippen molar-refractivity contribution in [3.63, 3.8) is 0 Å². The third-order valence-corrected chi connectivity index (χ3v) is 6.55. The molecule has 10 heteroatoms. The third-order valence-electron chi connectivity index (χ3n) is 6.14. The highest BCUT2D eigenvalue weighted by Gasteiger charge is 2.46. The maximum atomic E-state index is 13.7. The maximum Gasteiger partial charge on any atom is 0.257 e. The van der Waals surface area contributed by atoms with Crippen LogP contribution in [0.25, 0.3) is 5.69 Å². The summed E-state index contributed by atoms with van der Waals surface area (Å²) in [6.45, 7) is 3.98. The molecule has 3 aromatic rings. The summed E-state index contributed by atoms with van der Waals surface area (Å²) in [6.07, 6.45) is 4.26. The van der Waals surface area contributed by atoms with Crippen LogP contribution >= 0.6 is 11.6 Å². The van der Waals surface area contributed by atoms with Gasteiger partial charge in [-0.2, -0.15) is 15.0 Å². The lowest BCUT2D eigenvalue weighted by molar-refractivity contribution is -0.124. The monoisotopic (exact) mass is 468 g/mol. The van der Waals surface area contributed by atoms with Crippen molar-refractivity contribution in [1.29, 1.82) is 0 Å². The van der Waals surface area contributed by atoms with Crippen molar-refractivity contribution in [3.8, 4) is 11.4 Å². The Hall–Kier alpha value is -3.59. The molecule has 172 valence electrons. The first-order valence-corrected chi connectivity index (χ1v) is 10.9. The second-order valence-corrected chi connectivity index (χ2v) is 8.53. The van der Waals surface area contributed by atoms with E-state index in [1.54, 1.807) is 49.1 Å². The smallest absolute Gasteiger partial charge is 0.257 e. The van der Waals surface area contributed by atoms with Gasteiger partial charge in [0.1, 0.15) is 11.3 Å². The van der Waals surface area contributed by atoms with Crippen LogP contribution in [0.4, 0.5) is 11.4 Å². The number of hydrogen-bond donors (Lipinski definition) is 2. The molecule has 9 nitrogen and oxygen atoms in total. The number of halogens is 1. The van der Waals surface area contributed by atoms with Gasteiger partial charge >= 0.3 is 0 Å². The number of methoxy groups -OCH3 is 1. The van der Waals surface area contributed by atoms with Crippen LogP contribution in [-0.2, 0) is 4.79 Å². The van der Waals surface area contributed by atoms with E-state index in [-0.39, 0.29) is 11.8 Å². The molecule has 0 bridgehead atoms. The Bertz CT molecular complexity index is 1210. The Kier molecular flexibility index (Phi) is 5.99. The van der Waals surface area contributed by atoms with Crippen molar-refractivity contribution in [2.45, 2.75) is 32.2 Å². The quantitative estimate of drug-likeness (QED) is 0.554. The van der Waals surface area contributed by atoms with Gasteiger partial charge in [0.05, 0.1) is 42.1 Å². The number of rotatable bonds is 5. The molecule has 0 unspecified atom stereocenters. The molecule has 4 rings (SSSR count). The van der Waals surface area contributed by atoms with Gasteiger partial charge in [-0.25, -0.2) is 0 Å². The number of carbonyl (C=O) groups is 2. The average Bonchev–Trinajstić information content (AvgIpc) is 3.49. The third kappa shape index (κ3) is 4.00. The molecule has 1 saturated heterocycles. The first kappa shape index (κ1) is 22.6. The van der Waals surface area contributed by atoms with Crippen LogP contribution in [0, 0.1) is 6.92 Å². The molecular formula is C23H25ClN6O3. The van der Waals surface area contributed by atoms with Crippen LogP contribution in [-0.4, -0.2) is 50.9 Å². The van der Waals surface area contributed by atoms with E-state index in [0.717, 1.165) is 0 Å². The predicted octanol–water partition coefficient (Wildman–Crippen LogP) is 3.45. The van der Waals surface area contributed by atoms with Crippen LogP contribution in [0.2, 0.25) is 5.02 Å². The predicted molar refractivity (Wildman–Crippen MR) is 126 cm³/mol. The molecule has 2 heterocycles. The molecule has 2 aromatic carbocycles. The molecule has 1 fully saturated rings. The number of anilines is 2. The second-order valence-electron chi connectivity index (χ2n) is 8.12. The topological polar surface area (TPSA) is 115 Å². The summed E-state index contributed by atoms with van der Waals surface area (Å²) in [7, 11) is 1.53. The molecule has 1 aliphatic rings. The number of hydrogen-bond acceptors (Lipinski definition) is 6. The molecule has 0 saturated carbocycles. The molecule has 0 spiro atoms. The molecular weight excluding hydrogens is 444 g/mol. The number of aromatic nitrogens is 3. The van der Waals surface area contributed by atoms with Crippen molar-refractivity contribution in [2.24, 2.45) is 0 Å². The van der Waals surface area contributed by atoms with Gasteiger partial charge in [-0.15, -0.1) is 0 Å². The van der Waals surface area contributed by atoms with Crippen molar-refractivity contribution >= 4 is 34.8 Å². The molecule has 33 heavy (non-hydrogen) atoms. The zero-order valence-corrected chi connectivity index (χ0v) is 19.4. The van der Waals surface area contributed by atoms with Crippen molar-refractivity contribution < 1.29 is 14.3 Å². The largest absolute Gasteiger partial charge is 0.497 e.